The molecule has 0 saturated heterocycles. The lowest BCUT2D eigenvalue weighted by Gasteiger charge is -2.24. The van der Waals surface area contributed by atoms with Crippen molar-refractivity contribution in [1.82, 2.24) is 9.13 Å². The number of hydrogen-bond donors (Lipinski definition) is 0. The van der Waals surface area contributed by atoms with Gasteiger partial charge >= 0.3 is 0 Å². The lowest BCUT2D eigenvalue weighted by atomic mass is 9.82. The van der Waals surface area contributed by atoms with Crippen molar-refractivity contribution < 1.29 is 0 Å². The van der Waals surface area contributed by atoms with E-state index in [1.165, 1.54) is 122 Å². The largest absolute Gasteiger partial charge is 0.309 e. The van der Waals surface area contributed by atoms with Gasteiger partial charge in [0.25, 0.3) is 0 Å². The summed E-state index contributed by atoms with van der Waals surface area (Å²) in [6.45, 7) is 9.45. The second-order valence-corrected chi connectivity index (χ2v) is 18.0. The highest BCUT2D eigenvalue weighted by Gasteiger charge is 2.38. The summed E-state index contributed by atoms with van der Waals surface area (Å²) in [4.78, 5) is 0. The molecule has 13 rings (SSSR count). The van der Waals surface area contributed by atoms with Gasteiger partial charge in [-0.2, -0.15) is 0 Å². The van der Waals surface area contributed by atoms with Gasteiger partial charge in [0.05, 0.1) is 22.4 Å². The van der Waals surface area contributed by atoms with E-state index in [2.05, 4.69) is 219 Å². The van der Waals surface area contributed by atoms with Gasteiger partial charge in [0, 0.05) is 55.2 Å². The molecule has 0 unspecified atom stereocenters. The number of benzene rings is 8. The van der Waals surface area contributed by atoms with E-state index in [4.69, 9.17) is 0 Å². The number of hydrogen-bond acceptors (Lipinski definition) is 0. The van der Waals surface area contributed by atoms with Gasteiger partial charge in [-0.15, -0.1) is 0 Å². The summed E-state index contributed by atoms with van der Waals surface area (Å²) in [5.74, 6) is 0. The lowest BCUT2D eigenvalue weighted by molar-refractivity contribution is 0.660. The van der Waals surface area contributed by atoms with Gasteiger partial charge in [-0.25, -0.2) is 0 Å². The molecule has 3 aliphatic carbocycles. The van der Waals surface area contributed by atoms with Crippen molar-refractivity contribution in [3.05, 3.63) is 204 Å². The van der Waals surface area contributed by atoms with Crippen LogP contribution in [0.5, 0.6) is 0 Å². The Bertz CT molecular complexity index is 3260. The molecule has 0 aliphatic heterocycles. The smallest absolute Gasteiger partial charge is 0.0625 e. The first-order valence-corrected chi connectivity index (χ1v) is 21.3. The fourth-order valence-electron chi connectivity index (χ4n) is 11.6. The van der Waals surface area contributed by atoms with Gasteiger partial charge in [0.15, 0.2) is 0 Å². The highest BCUT2D eigenvalue weighted by molar-refractivity contribution is 6.17. The molecule has 0 bridgehead atoms. The van der Waals surface area contributed by atoms with Gasteiger partial charge in [0.2, 0.25) is 0 Å². The summed E-state index contributed by atoms with van der Waals surface area (Å²) in [6.07, 6.45) is 0. The molecule has 0 amide bonds. The predicted molar refractivity (Wildman–Crippen MR) is 251 cm³/mol. The Hall–Kier alpha value is -7.16. The summed E-state index contributed by atoms with van der Waals surface area (Å²) < 4.78 is 5.11. The standard InChI is InChI=1S/C58H42N2/c1-57(2)47-25-13-9-17-37(47)45-33-35(29-31-49(45)57)59-51-27-15-11-23-43(51)53-40-20-6-8-22-42(40)56-54(39-19-5-7-21-41(39)55(53)59)44-24-12-16-28-52(44)60(56)36-30-32-50-46(34-36)38-18-10-14-26-48(38)58(50,3)4/h5-34H,1-4H3. The third kappa shape index (κ3) is 4.23. The maximum atomic E-state index is 2.55. The van der Waals surface area contributed by atoms with Crippen molar-refractivity contribution in [2.45, 2.75) is 38.5 Å². The molecule has 2 heteroatoms. The zero-order chi connectivity index (χ0) is 40.1. The minimum atomic E-state index is -0.0629. The molecular formula is C58H42N2. The van der Waals surface area contributed by atoms with Crippen LogP contribution in [-0.2, 0) is 10.8 Å². The molecule has 284 valence electrons. The van der Waals surface area contributed by atoms with Crippen LogP contribution < -0.4 is 0 Å². The van der Waals surface area contributed by atoms with Gasteiger partial charge in [-0.3, -0.25) is 0 Å². The van der Waals surface area contributed by atoms with Crippen LogP contribution in [0.2, 0.25) is 0 Å². The number of aromatic nitrogens is 2. The van der Waals surface area contributed by atoms with E-state index < -0.39 is 0 Å². The van der Waals surface area contributed by atoms with Crippen LogP contribution in [-0.4, -0.2) is 9.13 Å². The van der Waals surface area contributed by atoms with Crippen molar-refractivity contribution in [2.24, 2.45) is 0 Å². The monoisotopic (exact) mass is 766 g/mol. The Balaban J connectivity index is 1.15. The Morgan fingerprint density at radius 3 is 1.07 bits per heavy atom. The fraction of sp³-hybridized carbons (Fsp3) is 0.103. The minimum absolute atomic E-state index is 0.0629. The van der Waals surface area contributed by atoms with Crippen LogP contribution in [0.4, 0.5) is 0 Å². The average molecular weight is 767 g/mol. The van der Waals surface area contributed by atoms with Crippen LogP contribution in [0.3, 0.4) is 0 Å². The van der Waals surface area contributed by atoms with E-state index in [1.54, 1.807) is 0 Å². The highest BCUT2D eigenvalue weighted by atomic mass is 15.0. The molecule has 0 N–H and O–H groups in total. The number of nitrogens with zero attached hydrogens (tertiary/aromatic N) is 2. The zero-order valence-corrected chi connectivity index (χ0v) is 34.2. The molecule has 0 radical (unpaired) electrons. The molecule has 2 aromatic heterocycles. The van der Waals surface area contributed by atoms with Crippen LogP contribution >= 0.6 is 0 Å². The molecule has 0 spiro atoms. The summed E-state index contributed by atoms with van der Waals surface area (Å²) >= 11 is 0. The second-order valence-electron chi connectivity index (χ2n) is 18.0. The molecular weight excluding hydrogens is 725 g/mol. The summed E-state index contributed by atoms with van der Waals surface area (Å²) in [6, 6.07) is 68.7. The van der Waals surface area contributed by atoms with Gasteiger partial charge in [-0.1, -0.05) is 173 Å². The summed E-state index contributed by atoms with van der Waals surface area (Å²) in [5.41, 5.74) is 25.4. The third-order valence-electron chi connectivity index (χ3n) is 14.3. The second kappa shape index (κ2) is 11.7. The van der Waals surface area contributed by atoms with Crippen LogP contribution in [0.15, 0.2) is 182 Å². The van der Waals surface area contributed by atoms with Crippen molar-refractivity contribution in [2.75, 3.05) is 0 Å². The summed E-state index contributed by atoms with van der Waals surface area (Å²) in [7, 11) is 0. The maximum Gasteiger partial charge on any atom is 0.0625 e. The Morgan fingerprint density at radius 1 is 0.300 bits per heavy atom. The Morgan fingerprint density at radius 2 is 0.633 bits per heavy atom. The number of para-hydroxylation sites is 2. The first kappa shape index (κ1) is 33.8. The first-order chi connectivity index (χ1) is 29.3. The van der Waals surface area contributed by atoms with Crippen LogP contribution in [0, 0.1) is 0 Å². The molecule has 10 aromatic rings. The molecule has 8 aromatic carbocycles. The zero-order valence-electron chi connectivity index (χ0n) is 34.2. The molecule has 0 fully saturated rings. The van der Waals surface area contributed by atoms with Crippen molar-refractivity contribution in [3.8, 4) is 78.4 Å². The van der Waals surface area contributed by atoms with Gasteiger partial charge in [-0.05, 0) is 92.0 Å². The Kier molecular flexibility index (Phi) is 6.61. The summed E-state index contributed by atoms with van der Waals surface area (Å²) in [5, 5.41) is 2.50. The van der Waals surface area contributed by atoms with Gasteiger partial charge < -0.3 is 9.13 Å². The lowest BCUT2D eigenvalue weighted by Crippen LogP contribution is -2.14. The van der Waals surface area contributed by atoms with Crippen molar-refractivity contribution in [1.29, 1.82) is 0 Å². The SMILES string of the molecule is CC1(C)c2ccccc2-c2cc(-n3c4c(c5ccccc53)-c3ccccc3-c3c(c5ccccc5n3-c3ccc5c(c3)-c3ccccc3C5(C)C)-c3ccccc3-4)ccc21. The molecule has 60 heavy (non-hydrogen) atoms. The van der Waals surface area contributed by atoms with E-state index in [0.717, 1.165) is 0 Å². The van der Waals surface area contributed by atoms with E-state index in [-0.39, 0.29) is 10.8 Å². The van der Waals surface area contributed by atoms with Gasteiger partial charge in [0.1, 0.15) is 0 Å². The van der Waals surface area contributed by atoms with E-state index >= 15 is 0 Å². The Labute approximate surface area is 350 Å². The molecule has 2 heterocycles. The molecule has 0 atom stereocenters. The topological polar surface area (TPSA) is 9.86 Å². The normalized spacial score (nSPS) is 14.6. The fourth-order valence-corrected chi connectivity index (χ4v) is 11.6. The average Bonchev–Trinajstić information content (AvgIpc) is 3.95. The van der Waals surface area contributed by atoms with Crippen molar-refractivity contribution in [3.63, 3.8) is 0 Å². The molecule has 3 aliphatic rings. The van der Waals surface area contributed by atoms with E-state index in [0.29, 0.717) is 0 Å². The van der Waals surface area contributed by atoms with E-state index in [1.807, 2.05) is 0 Å². The minimum Gasteiger partial charge on any atom is -0.309 e. The van der Waals surface area contributed by atoms with Crippen LogP contribution in [0.1, 0.15) is 49.9 Å². The third-order valence-corrected chi connectivity index (χ3v) is 14.3. The maximum absolute atomic E-state index is 2.55. The van der Waals surface area contributed by atoms with Crippen molar-refractivity contribution >= 4 is 21.8 Å². The molecule has 2 nitrogen and oxygen atoms in total. The quantitative estimate of drug-likeness (QED) is 0.166. The highest BCUT2D eigenvalue weighted by Crippen LogP contribution is 2.56. The molecule has 0 saturated carbocycles. The van der Waals surface area contributed by atoms with Crippen LogP contribution in [0.25, 0.3) is 100 Å². The predicted octanol–water partition coefficient (Wildman–Crippen LogP) is 15.2. The number of rotatable bonds is 2. The number of fused-ring (bicyclic) bond motifs is 18. The van der Waals surface area contributed by atoms with E-state index in [9.17, 15) is 0 Å². The first-order valence-electron chi connectivity index (χ1n) is 21.3.